The van der Waals surface area contributed by atoms with Crippen molar-refractivity contribution in [1.82, 2.24) is 0 Å². The first kappa shape index (κ1) is 26.3. The minimum absolute atomic E-state index is 0.260. The highest BCUT2D eigenvalue weighted by molar-refractivity contribution is 5.66. The van der Waals surface area contributed by atoms with Gasteiger partial charge in [-0.1, -0.05) is 26.0 Å². The minimum atomic E-state index is -0.629. The van der Waals surface area contributed by atoms with Gasteiger partial charge in [-0.2, -0.15) is 0 Å². The van der Waals surface area contributed by atoms with Crippen LogP contribution < -0.4 is 0 Å². The van der Waals surface area contributed by atoms with E-state index in [1.165, 1.54) is 20.8 Å². The third-order valence-corrected chi connectivity index (χ3v) is 4.01. The monoisotopic (exact) mass is 370 g/mol. The summed E-state index contributed by atoms with van der Waals surface area (Å²) >= 11 is 0. The van der Waals surface area contributed by atoms with Gasteiger partial charge in [-0.05, 0) is 19.8 Å². The van der Waals surface area contributed by atoms with Gasteiger partial charge in [0.1, 0.15) is 6.29 Å². The van der Waals surface area contributed by atoms with Gasteiger partial charge >= 0.3 is 11.9 Å². The van der Waals surface area contributed by atoms with Crippen LogP contribution in [0.3, 0.4) is 0 Å². The maximum atomic E-state index is 11.0. The van der Waals surface area contributed by atoms with Crippen LogP contribution in [-0.2, 0) is 28.6 Å². The van der Waals surface area contributed by atoms with Crippen LogP contribution in [0.5, 0.6) is 0 Å². The lowest BCUT2D eigenvalue weighted by Gasteiger charge is -2.40. The summed E-state index contributed by atoms with van der Waals surface area (Å²) in [5, 5.41) is 0. The molecule has 0 bridgehead atoms. The molecule has 0 fully saturated rings. The van der Waals surface area contributed by atoms with E-state index in [1.54, 1.807) is 12.2 Å². The van der Waals surface area contributed by atoms with Crippen molar-refractivity contribution in [2.45, 2.75) is 71.5 Å². The maximum Gasteiger partial charge on any atom is 0.302 e. The lowest BCUT2D eigenvalue weighted by molar-refractivity contribution is -0.152. The summed E-state index contributed by atoms with van der Waals surface area (Å²) < 4.78 is 16.4. The number of esters is 2. The maximum absolute atomic E-state index is 11.0. The Morgan fingerprint density at radius 2 is 1.19 bits per heavy atom. The van der Waals surface area contributed by atoms with Gasteiger partial charge in [0.2, 0.25) is 0 Å². The molecule has 0 saturated carbocycles. The van der Waals surface area contributed by atoms with Gasteiger partial charge < -0.3 is 19.0 Å². The Labute approximate surface area is 157 Å². The summed E-state index contributed by atoms with van der Waals surface area (Å²) in [5.41, 5.74) is -1.26. The molecule has 0 rings (SSSR count). The Kier molecular flexibility index (Phi) is 14.4. The van der Waals surface area contributed by atoms with E-state index in [0.29, 0.717) is 25.7 Å². The summed E-state index contributed by atoms with van der Waals surface area (Å²) in [5.74, 6) is -0.640. The van der Waals surface area contributed by atoms with E-state index in [0.717, 1.165) is 6.29 Å². The zero-order chi connectivity index (χ0) is 20.6. The van der Waals surface area contributed by atoms with Crippen molar-refractivity contribution >= 4 is 18.2 Å². The number of hydrogen-bond acceptors (Lipinski definition) is 6. The van der Waals surface area contributed by atoms with Crippen molar-refractivity contribution in [2.24, 2.45) is 0 Å². The van der Waals surface area contributed by atoms with Gasteiger partial charge in [-0.15, -0.1) is 13.2 Å². The van der Waals surface area contributed by atoms with Crippen molar-refractivity contribution in [2.75, 3.05) is 13.2 Å². The molecule has 0 amide bonds. The van der Waals surface area contributed by atoms with E-state index in [9.17, 15) is 9.59 Å². The number of carbonyl (C=O) groups excluding carboxylic acids is 3. The van der Waals surface area contributed by atoms with Crippen molar-refractivity contribution in [1.29, 1.82) is 0 Å². The molecule has 0 aromatic rings. The van der Waals surface area contributed by atoms with E-state index < -0.39 is 11.2 Å². The molecular weight excluding hydrogens is 336 g/mol. The molecule has 0 aliphatic rings. The molecule has 0 aromatic heterocycles. The Balaban J connectivity index is 0. The number of hydrogen-bond donors (Lipinski definition) is 0. The Morgan fingerprint density at radius 1 is 0.885 bits per heavy atom. The highest BCUT2D eigenvalue weighted by Crippen LogP contribution is 2.33. The molecule has 0 heterocycles. The lowest BCUT2D eigenvalue weighted by atomic mass is 9.91. The summed E-state index contributed by atoms with van der Waals surface area (Å²) in [6, 6.07) is 0. The highest BCUT2D eigenvalue weighted by atomic mass is 16.5. The molecule has 0 spiro atoms. The van der Waals surface area contributed by atoms with Crippen LogP contribution in [0, 0.1) is 0 Å². The SMILES string of the molecule is C=CC(CC)(CCOC(C)=O)OC(C=C)(CC)CCOC(C)=O.CC=O. The van der Waals surface area contributed by atoms with Gasteiger partial charge in [0.25, 0.3) is 0 Å². The van der Waals surface area contributed by atoms with Gasteiger partial charge in [0, 0.05) is 26.7 Å². The van der Waals surface area contributed by atoms with Crippen LogP contribution in [0.4, 0.5) is 0 Å². The number of rotatable bonds is 12. The molecule has 6 heteroatoms. The van der Waals surface area contributed by atoms with E-state index in [2.05, 4.69) is 13.2 Å². The average molecular weight is 370 g/mol. The average Bonchev–Trinajstić information content (AvgIpc) is 2.60. The van der Waals surface area contributed by atoms with Crippen molar-refractivity contribution in [3.8, 4) is 0 Å². The number of ether oxygens (including phenoxy) is 3. The standard InChI is InChI=1S/C18H30O5.C2H4O/c1-7-17(8-2,11-13-21-15(5)19)23-18(9-3,10-4)12-14-22-16(6)20;1-2-3/h7,9H,1,3,8,10-14H2,2,4-6H3;2H,1H3. The number of aldehydes is 1. The second kappa shape index (κ2) is 14.2. The molecule has 0 saturated heterocycles. The summed E-state index contributed by atoms with van der Waals surface area (Å²) in [6.07, 6.45) is 6.62. The molecular formula is C20H34O6. The molecule has 0 radical (unpaired) electrons. The fourth-order valence-electron chi connectivity index (χ4n) is 2.32. The second-order valence-electron chi connectivity index (χ2n) is 5.76. The largest absolute Gasteiger partial charge is 0.466 e. The fourth-order valence-corrected chi connectivity index (χ4v) is 2.32. The molecule has 0 aromatic carbocycles. The molecule has 6 nitrogen and oxygen atoms in total. The normalized spacial score (nSPS) is 14.5. The van der Waals surface area contributed by atoms with Crippen LogP contribution in [0.15, 0.2) is 25.3 Å². The summed E-state index contributed by atoms with van der Waals surface area (Å²) in [4.78, 5) is 30.7. The highest BCUT2D eigenvalue weighted by Gasteiger charge is 2.36. The smallest absolute Gasteiger partial charge is 0.302 e. The Bertz CT molecular complexity index is 421. The van der Waals surface area contributed by atoms with E-state index in [1.807, 2.05) is 13.8 Å². The van der Waals surface area contributed by atoms with Crippen LogP contribution in [-0.4, -0.2) is 42.6 Å². The third-order valence-electron chi connectivity index (χ3n) is 4.01. The fraction of sp³-hybridized carbons (Fsp3) is 0.650. The first-order valence-corrected chi connectivity index (χ1v) is 8.84. The van der Waals surface area contributed by atoms with Crippen LogP contribution in [0.2, 0.25) is 0 Å². The van der Waals surface area contributed by atoms with E-state index >= 15 is 0 Å². The van der Waals surface area contributed by atoms with E-state index in [4.69, 9.17) is 19.0 Å². The van der Waals surface area contributed by atoms with Crippen molar-refractivity contribution < 1.29 is 28.6 Å². The molecule has 2 unspecified atom stereocenters. The number of carbonyl (C=O) groups is 3. The first-order valence-electron chi connectivity index (χ1n) is 8.84. The second-order valence-corrected chi connectivity index (χ2v) is 5.76. The molecule has 2 atom stereocenters. The molecule has 150 valence electrons. The molecule has 0 N–H and O–H groups in total. The minimum Gasteiger partial charge on any atom is -0.466 e. The summed E-state index contributed by atoms with van der Waals surface area (Å²) in [7, 11) is 0. The molecule has 0 aliphatic carbocycles. The van der Waals surface area contributed by atoms with Crippen molar-refractivity contribution in [3.63, 3.8) is 0 Å². The lowest BCUT2D eigenvalue weighted by Crippen LogP contribution is -2.43. The first-order chi connectivity index (χ1) is 12.2. The Morgan fingerprint density at radius 3 is 1.38 bits per heavy atom. The third kappa shape index (κ3) is 10.8. The van der Waals surface area contributed by atoms with Crippen molar-refractivity contribution in [3.05, 3.63) is 25.3 Å². The molecule has 0 aliphatic heterocycles. The zero-order valence-corrected chi connectivity index (χ0v) is 16.8. The zero-order valence-electron chi connectivity index (χ0n) is 16.8. The van der Waals surface area contributed by atoms with Gasteiger partial charge in [-0.3, -0.25) is 9.59 Å². The predicted molar refractivity (Wildman–Crippen MR) is 102 cm³/mol. The van der Waals surface area contributed by atoms with Gasteiger partial charge in [0.15, 0.2) is 0 Å². The predicted octanol–water partition coefficient (Wildman–Crippen LogP) is 3.78. The topological polar surface area (TPSA) is 78.9 Å². The Hall–Kier alpha value is -1.95. The van der Waals surface area contributed by atoms with Crippen LogP contribution >= 0.6 is 0 Å². The van der Waals surface area contributed by atoms with Crippen LogP contribution in [0.25, 0.3) is 0 Å². The molecule has 26 heavy (non-hydrogen) atoms. The van der Waals surface area contributed by atoms with E-state index in [-0.39, 0.29) is 25.2 Å². The van der Waals surface area contributed by atoms with Gasteiger partial charge in [-0.25, -0.2) is 0 Å². The van der Waals surface area contributed by atoms with Crippen LogP contribution in [0.1, 0.15) is 60.3 Å². The quantitative estimate of drug-likeness (QED) is 0.295. The van der Waals surface area contributed by atoms with Gasteiger partial charge in [0.05, 0.1) is 24.4 Å². The summed E-state index contributed by atoms with van der Waals surface area (Å²) in [6.45, 7) is 16.5.